The Kier molecular flexibility index (Phi) is 4.39. The van der Waals surface area contributed by atoms with E-state index < -0.39 is 0 Å². The Morgan fingerprint density at radius 2 is 2.16 bits per heavy atom. The number of nitriles is 1. The van der Waals surface area contributed by atoms with Crippen molar-refractivity contribution in [1.29, 1.82) is 5.26 Å². The molecule has 0 bridgehead atoms. The van der Waals surface area contributed by atoms with Crippen molar-refractivity contribution in [3.05, 3.63) is 41.1 Å². The summed E-state index contributed by atoms with van der Waals surface area (Å²) in [4.78, 5) is 12.4. The highest BCUT2D eigenvalue weighted by Gasteiger charge is 2.07. The molecule has 96 valence electrons. The van der Waals surface area contributed by atoms with Crippen LogP contribution >= 0.6 is 11.6 Å². The molecule has 0 saturated heterocycles. The molecule has 0 N–H and O–H groups in total. The van der Waals surface area contributed by atoms with Crippen LogP contribution in [-0.4, -0.2) is 21.6 Å². The van der Waals surface area contributed by atoms with E-state index >= 15 is 0 Å². The first kappa shape index (κ1) is 13.4. The van der Waals surface area contributed by atoms with Gasteiger partial charge in [0.1, 0.15) is 17.8 Å². The quantitative estimate of drug-likeness (QED) is 0.801. The normalized spacial score (nSPS) is 10.2. The first-order chi connectivity index (χ1) is 9.22. The number of aromatic nitrogens is 3. The number of hydrogen-bond donors (Lipinski definition) is 0. The number of halogens is 1. The maximum atomic E-state index is 8.87. The minimum Gasteiger partial charge on any atom is -0.374 e. The number of ether oxygens (including phenoxy) is 1. The molecule has 0 aliphatic carbocycles. The first-order valence-electron chi connectivity index (χ1n) is 5.69. The minimum atomic E-state index is 0.301. The van der Waals surface area contributed by atoms with E-state index in [1.54, 1.807) is 18.3 Å². The van der Waals surface area contributed by atoms with E-state index in [0.29, 0.717) is 35.4 Å². The van der Waals surface area contributed by atoms with Gasteiger partial charge in [-0.2, -0.15) is 5.26 Å². The Morgan fingerprint density at radius 3 is 2.89 bits per heavy atom. The molecule has 0 aromatic carbocycles. The summed E-state index contributed by atoms with van der Waals surface area (Å²) in [6.07, 6.45) is 3.12. The number of rotatable bonds is 4. The second-order valence-electron chi connectivity index (χ2n) is 3.70. The molecule has 0 amide bonds. The van der Waals surface area contributed by atoms with E-state index in [2.05, 4.69) is 15.0 Å². The molecule has 0 spiro atoms. The molecule has 0 atom stereocenters. The standard InChI is InChI=1S/C13H11ClN4O/c1-2-19-8-13-17-11(4-12(14)18-13)10-3-9(5-15)6-16-7-10/h3-4,6-7H,2,8H2,1H3. The lowest BCUT2D eigenvalue weighted by molar-refractivity contribution is 0.128. The SMILES string of the molecule is CCOCc1nc(Cl)cc(-c2cncc(C#N)c2)n1. The van der Waals surface area contributed by atoms with Gasteiger partial charge in [0, 0.05) is 30.6 Å². The second kappa shape index (κ2) is 6.23. The average Bonchev–Trinajstić information content (AvgIpc) is 2.44. The number of hydrogen-bond acceptors (Lipinski definition) is 5. The van der Waals surface area contributed by atoms with Crippen LogP contribution in [0.3, 0.4) is 0 Å². The third kappa shape index (κ3) is 3.47. The molecule has 0 aliphatic heterocycles. The highest BCUT2D eigenvalue weighted by Crippen LogP contribution is 2.20. The molecule has 0 fully saturated rings. The predicted molar refractivity (Wildman–Crippen MR) is 70.3 cm³/mol. The maximum Gasteiger partial charge on any atom is 0.156 e. The van der Waals surface area contributed by atoms with Crippen LogP contribution in [0, 0.1) is 11.3 Å². The molecular weight excluding hydrogens is 264 g/mol. The third-order valence-electron chi connectivity index (χ3n) is 2.34. The van der Waals surface area contributed by atoms with Gasteiger partial charge in [0.2, 0.25) is 0 Å². The van der Waals surface area contributed by atoms with Crippen molar-refractivity contribution in [3.8, 4) is 17.3 Å². The fraction of sp³-hybridized carbons (Fsp3) is 0.231. The third-order valence-corrected chi connectivity index (χ3v) is 2.53. The summed E-state index contributed by atoms with van der Waals surface area (Å²) in [5, 5.41) is 9.20. The molecule has 2 rings (SSSR count). The van der Waals surface area contributed by atoms with Gasteiger partial charge < -0.3 is 4.74 Å². The zero-order valence-corrected chi connectivity index (χ0v) is 11.1. The van der Waals surface area contributed by atoms with E-state index in [4.69, 9.17) is 21.6 Å². The molecule has 2 heterocycles. The van der Waals surface area contributed by atoms with Crippen molar-refractivity contribution in [3.63, 3.8) is 0 Å². The molecule has 5 nitrogen and oxygen atoms in total. The Bertz CT molecular complexity index is 624. The van der Waals surface area contributed by atoms with Crippen molar-refractivity contribution in [2.24, 2.45) is 0 Å². The maximum absolute atomic E-state index is 8.87. The van der Waals surface area contributed by atoms with Gasteiger partial charge in [0.25, 0.3) is 0 Å². The molecule has 0 aliphatic rings. The monoisotopic (exact) mass is 274 g/mol. The van der Waals surface area contributed by atoms with E-state index in [-0.39, 0.29) is 0 Å². The summed E-state index contributed by atoms with van der Waals surface area (Å²) in [7, 11) is 0. The van der Waals surface area contributed by atoms with Crippen LogP contribution in [0.25, 0.3) is 11.3 Å². The highest BCUT2D eigenvalue weighted by atomic mass is 35.5. The van der Waals surface area contributed by atoms with Crippen molar-refractivity contribution in [1.82, 2.24) is 15.0 Å². The Morgan fingerprint density at radius 1 is 1.32 bits per heavy atom. The summed E-state index contributed by atoms with van der Waals surface area (Å²) in [5.41, 5.74) is 1.82. The molecule has 6 heteroatoms. The van der Waals surface area contributed by atoms with Crippen LogP contribution < -0.4 is 0 Å². The van der Waals surface area contributed by atoms with Crippen molar-refractivity contribution in [2.45, 2.75) is 13.5 Å². The molecule has 0 radical (unpaired) electrons. The molecule has 2 aromatic heterocycles. The largest absolute Gasteiger partial charge is 0.374 e. The van der Waals surface area contributed by atoms with Crippen LogP contribution in [0.5, 0.6) is 0 Å². The van der Waals surface area contributed by atoms with Crippen LogP contribution in [0.4, 0.5) is 0 Å². The van der Waals surface area contributed by atoms with Crippen LogP contribution in [0.1, 0.15) is 18.3 Å². The summed E-state index contributed by atoms with van der Waals surface area (Å²) in [6.45, 7) is 2.78. The van der Waals surface area contributed by atoms with Crippen LogP contribution in [0.15, 0.2) is 24.5 Å². The molecule has 0 saturated carbocycles. The zero-order valence-electron chi connectivity index (χ0n) is 10.3. The van der Waals surface area contributed by atoms with Crippen LogP contribution in [0.2, 0.25) is 5.15 Å². The van der Waals surface area contributed by atoms with Gasteiger partial charge in [-0.15, -0.1) is 0 Å². The lowest BCUT2D eigenvalue weighted by Crippen LogP contribution is -2.01. The summed E-state index contributed by atoms with van der Waals surface area (Å²) >= 11 is 5.96. The zero-order chi connectivity index (χ0) is 13.7. The summed E-state index contributed by atoms with van der Waals surface area (Å²) in [5.74, 6) is 0.506. The van der Waals surface area contributed by atoms with Gasteiger partial charge in [0.15, 0.2) is 5.82 Å². The number of pyridine rings is 1. The fourth-order valence-electron chi connectivity index (χ4n) is 1.51. The number of nitrogens with zero attached hydrogens (tertiary/aromatic N) is 4. The van der Waals surface area contributed by atoms with Crippen molar-refractivity contribution in [2.75, 3.05) is 6.61 Å². The Hall–Kier alpha value is -2.03. The summed E-state index contributed by atoms with van der Waals surface area (Å²) < 4.78 is 5.26. The second-order valence-corrected chi connectivity index (χ2v) is 4.09. The van der Waals surface area contributed by atoms with Crippen molar-refractivity contribution >= 4 is 11.6 Å². The van der Waals surface area contributed by atoms with E-state index in [1.165, 1.54) is 6.20 Å². The fourth-order valence-corrected chi connectivity index (χ4v) is 1.71. The predicted octanol–water partition coefficient (Wildman–Crippen LogP) is 2.60. The lowest BCUT2D eigenvalue weighted by atomic mass is 10.1. The Balaban J connectivity index is 2.38. The highest BCUT2D eigenvalue weighted by molar-refractivity contribution is 6.29. The van der Waals surface area contributed by atoms with E-state index in [0.717, 1.165) is 5.56 Å². The average molecular weight is 275 g/mol. The lowest BCUT2D eigenvalue weighted by Gasteiger charge is -2.05. The molecule has 19 heavy (non-hydrogen) atoms. The molecule has 0 unspecified atom stereocenters. The molecule has 2 aromatic rings. The van der Waals surface area contributed by atoms with E-state index in [9.17, 15) is 0 Å². The van der Waals surface area contributed by atoms with Gasteiger partial charge in [-0.25, -0.2) is 9.97 Å². The van der Waals surface area contributed by atoms with Crippen molar-refractivity contribution < 1.29 is 4.74 Å². The van der Waals surface area contributed by atoms with Gasteiger partial charge in [-0.1, -0.05) is 11.6 Å². The topological polar surface area (TPSA) is 71.7 Å². The first-order valence-corrected chi connectivity index (χ1v) is 6.07. The van der Waals surface area contributed by atoms with Gasteiger partial charge in [0.05, 0.1) is 11.3 Å². The Labute approximate surface area is 115 Å². The molecular formula is C13H11ClN4O. The van der Waals surface area contributed by atoms with Crippen LogP contribution in [-0.2, 0) is 11.3 Å². The van der Waals surface area contributed by atoms with E-state index in [1.807, 2.05) is 13.0 Å². The minimum absolute atomic E-state index is 0.301. The van der Waals surface area contributed by atoms with Gasteiger partial charge in [-0.3, -0.25) is 4.98 Å². The smallest absolute Gasteiger partial charge is 0.156 e. The van der Waals surface area contributed by atoms with Gasteiger partial charge >= 0.3 is 0 Å². The van der Waals surface area contributed by atoms with Gasteiger partial charge in [-0.05, 0) is 13.0 Å². The summed E-state index contributed by atoms with van der Waals surface area (Å²) in [6, 6.07) is 5.38.